The summed E-state index contributed by atoms with van der Waals surface area (Å²) in [5.74, 6) is 0. The Bertz CT molecular complexity index is 528. The topological polar surface area (TPSA) is 50.9 Å². The van der Waals surface area contributed by atoms with E-state index in [1.165, 1.54) is 5.56 Å². The second-order valence-electron chi connectivity index (χ2n) is 5.69. The minimum absolute atomic E-state index is 0.0869. The summed E-state index contributed by atoms with van der Waals surface area (Å²) in [5.41, 5.74) is 4.01. The van der Waals surface area contributed by atoms with Gasteiger partial charge in [-0.05, 0) is 17.9 Å². The average Bonchev–Trinajstić information content (AvgIpc) is 2.80. The van der Waals surface area contributed by atoms with E-state index in [9.17, 15) is 5.11 Å². The monoisotopic (exact) mass is 259 g/mol. The first-order valence-corrected chi connectivity index (χ1v) is 6.61. The van der Waals surface area contributed by atoms with Gasteiger partial charge in [-0.25, -0.2) is 4.68 Å². The second-order valence-corrected chi connectivity index (χ2v) is 5.69. The number of hydrogen-bond acceptors (Lipinski definition) is 3. The predicted molar refractivity (Wildman–Crippen MR) is 75.8 cm³/mol. The molecule has 19 heavy (non-hydrogen) atoms. The fraction of sp³-hybridized carbons (Fsp3) is 0.467. The molecule has 0 amide bonds. The minimum atomic E-state index is -0.0869. The average molecular weight is 259 g/mol. The SMILES string of the molecule is CCn1nnc(CO)c1-c1ccc(C(C)(C)C)cc1. The zero-order chi connectivity index (χ0) is 14.0. The van der Waals surface area contributed by atoms with E-state index in [-0.39, 0.29) is 12.0 Å². The van der Waals surface area contributed by atoms with E-state index in [0.29, 0.717) is 5.69 Å². The van der Waals surface area contributed by atoms with Crippen molar-refractivity contribution < 1.29 is 5.11 Å². The highest BCUT2D eigenvalue weighted by atomic mass is 16.3. The lowest BCUT2D eigenvalue weighted by atomic mass is 9.86. The van der Waals surface area contributed by atoms with Crippen molar-refractivity contribution in [3.8, 4) is 11.3 Å². The van der Waals surface area contributed by atoms with Gasteiger partial charge in [0, 0.05) is 12.1 Å². The van der Waals surface area contributed by atoms with Crippen molar-refractivity contribution in [1.82, 2.24) is 15.0 Å². The molecule has 0 bridgehead atoms. The molecule has 0 atom stereocenters. The van der Waals surface area contributed by atoms with E-state index < -0.39 is 0 Å². The molecule has 0 radical (unpaired) electrons. The number of nitrogens with zero attached hydrogens (tertiary/aromatic N) is 3. The van der Waals surface area contributed by atoms with Crippen molar-refractivity contribution in [2.45, 2.75) is 46.3 Å². The maximum Gasteiger partial charge on any atom is 0.116 e. The van der Waals surface area contributed by atoms with Crippen molar-refractivity contribution in [3.63, 3.8) is 0 Å². The standard InChI is InChI=1S/C15H21N3O/c1-5-18-14(13(10-19)16-17-18)11-6-8-12(9-7-11)15(2,3)4/h6-9,19H,5,10H2,1-4H3. The molecule has 0 aliphatic rings. The van der Waals surface area contributed by atoms with Gasteiger partial charge in [-0.3, -0.25) is 0 Å². The molecule has 1 aromatic heterocycles. The molecule has 0 fully saturated rings. The second kappa shape index (κ2) is 5.13. The Morgan fingerprint density at radius 2 is 1.79 bits per heavy atom. The molecular formula is C15H21N3O. The number of aryl methyl sites for hydroxylation is 1. The van der Waals surface area contributed by atoms with E-state index in [1.807, 2.05) is 11.6 Å². The Labute approximate surface area is 114 Å². The molecule has 2 aromatic rings. The summed E-state index contributed by atoms with van der Waals surface area (Å²) in [6.07, 6.45) is 0. The molecule has 4 nitrogen and oxygen atoms in total. The van der Waals surface area contributed by atoms with E-state index in [4.69, 9.17) is 0 Å². The van der Waals surface area contributed by atoms with Crippen LogP contribution in [-0.4, -0.2) is 20.1 Å². The first kappa shape index (κ1) is 13.7. The summed E-state index contributed by atoms with van der Waals surface area (Å²) in [6, 6.07) is 8.40. The van der Waals surface area contributed by atoms with Crippen LogP contribution < -0.4 is 0 Å². The van der Waals surface area contributed by atoms with Crippen LogP contribution in [-0.2, 0) is 18.6 Å². The van der Waals surface area contributed by atoms with E-state index in [1.54, 1.807) is 0 Å². The summed E-state index contributed by atoms with van der Waals surface area (Å²) < 4.78 is 1.82. The fourth-order valence-corrected chi connectivity index (χ4v) is 2.12. The highest BCUT2D eigenvalue weighted by molar-refractivity contribution is 5.62. The Morgan fingerprint density at radius 1 is 1.16 bits per heavy atom. The van der Waals surface area contributed by atoms with Crippen LogP contribution in [0.15, 0.2) is 24.3 Å². The molecular weight excluding hydrogens is 238 g/mol. The molecule has 0 aliphatic heterocycles. The lowest BCUT2D eigenvalue weighted by Crippen LogP contribution is -2.10. The Hall–Kier alpha value is -1.68. The highest BCUT2D eigenvalue weighted by Gasteiger charge is 2.16. The van der Waals surface area contributed by atoms with Crippen LogP contribution in [0.25, 0.3) is 11.3 Å². The molecule has 2 rings (SSSR count). The van der Waals surface area contributed by atoms with Gasteiger partial charge in [0.05, 0.1) is 12.3 Å². The van der Waals surface area contributed by atoms with Crippen molar-refractivity contribution in [2.75, 3.05) is 0 Å². The quantitative estimate of drug-likeness (QED) is 0.922. The van der Waals surface area contributed by atoms with Crippen molar-refractivity contribution in [3.05, 3.63) is 35.5 Å². The largest absolute Gasteiger partial charge is 0.390 e. The fourth-order valence-electron chi connectivity index (χ4n) is 2.12. The minimum Gasteiger partial charge on any atom is -0.390 e. The molecule has 1 N–H and O–H groups in total. The third-order valence-electron chi connectivity index (χ3n) is 3.28. The molecule has 0 saturated heterocycles. The number of aliphatic hydroxyl groups is 1. The maximum atomic E-state index is 9.36. The van der Waals surface area contributed by atoms with Crippen LogP contribution >= 0.6 is 0 Å². The first-order chi connectivity index (χ1) is 8.97. The molecule has 0 unspecified atom stereocenters. The molecule has 0 saturated carbocycles. The number of hydrogen-bond donors (Lipinski definition) is 1. The molecule has 1 aromatic carbocycles. The van der Waals surface area contributed by atoms with Gasteiger partial charge in [-0.15, -0.1) is 5.10 Å². The first-order valence-electron chi connectivity index (χ1n) is 6.61. The van der Waals surface area contributed by atoms with Crippen LogP contribution in [0.4, 0.5) is 0 Å². The van der Waals surface area contributed by atoms with Crippen molar-refractivity contribution >= 4 is 0 Å². The summed E-state index contributed by atoms with van der Waals surface area (Å²) in [5, 5.41) is 17.4. The van der Waals surface area contributed by atoms with E-state index in [0.717, 1.165) is 17.8 Å². The molecule has 0 aliphatic carbocycles. The van der Waals surface area contributed by atoms with E-state index >= 15 is 0 Å². The van der Waals surface area contributed by atoms with E-state index in [2.05, 4.69) is 55.3 Å². The van der Waals surface area contributed by atoms with Gasteiger partial charge >= 0.3 is 0 Å². The zero-order valence-corrected chi connectivity index (χ0v) is 12.0. The molecule has 1 heterocycles. The van der Waals surface area contributed by atoms with Gasteiger partial charge in [0.15, 0.2) is 0 Å². The molecule has 0 spiro atoms. The maximum absolute atomic E-state index is 9.36. The third-order valence-corrected chi connectivity index (χ3v) is 3.28. The van der Waals surface area contributed by atoms with Crippen LogP contribution in [0.2, 0.25) is 0 Å². The summed E-state index contributed by atoms with van der Waals surface area (Å²) in [7, 11) is 0. The van der Waals surface area contributed by atoms with Gasteiger partial charge in [-0.2, -0.15) is 0 Å². The van der Waals surface area contributed by atoms with Crippen molar-refractivity contribution in [1.29, 1.82) is 0 Å². The molecule has 4 heteroatoms. The van der Waals surface area contributed by atoms with Gasteiger partial charge in [0.1, 0.15) is 5.69 Å². The van der Waals surface area contributed by atoms with Gasteiger partial charge in [0.25, 0.3) is 0 Å². The smallest absolute Gasteiger partial charge is 0.116 e. The van der Waals surface area contributed by atoms with Crippen LogP contribution in [0, 0.1) is 0 Å². The van der Waals surface area contributed by atoms with Crippen LogP contribution in [0.5, 0.6) is 0 Å². The van der Waals surface area contributed by atoms with Gasteiger partial charge in [0.2, 0.25) is 0 Å². The number of rotatable bonds is 3. The third kappa shape index (κ3) is 2.68. The van der Waals surface area contributed by atoms with Crippen molar-refractivity contribution in [2.24, 2.45) is 0 Å². The number of aromatic nitrogens is 3. The Kier molecular flexibility index (Phi) is 3.71. The predicted octanol–water partition coefficient (Wildman–Crippen LogP) is 2.75. The normalized spacial score (nSPS) is 11.8. The summed E-state index contributed by atoms with van der Waals surface area (Å²) in [6.45, 7) is 9.25. The lowest BCUT2D eigenvalue weighted by molar-refractivity contribution is 0.277. The lowest BCUT2D eigenvalue weighted by Gasteiger charge is -2.19. The zero-order valence-electron chi connectivity index (χ0n) is 12.0. The molecule has 102 valence electrons. The Morgan fingerprint density at radius 3 is 2.26 bits per heavy atom. The highest BCUT2D eigenvalue weighted by Crippen LogP contribution is 2.27. The van der Waals surface area contributed by atoms with Crippen LogP contribution in [0.1, 0.15) is 39.0 Å². The van der Waals surface area contributed by atoms with Crippen LogP contribution in [0.3, 0.4) is 0 Å². The number of benzene rings is 1. The van der Waals surface area contributed by atoms with Gasteiger partial charge in [-0.1, -0.05) is 50.3 Å². The summed E-state index contributed by atoms with van der Waals surface area (Å²) in [4.78, 5) is 0. The number of aliphatic hydroxyl groups excluding tert-OH is 1. The summed E-state index contributed by atoms with van der Waals surface area (Å²) >= 11 is 0. The Balaban J connectivity index is 2.45. The van der Waals surface area contributed by atoms with Gasteiger partial charge < -0.3 is 5.11 Å².